The van der Waals surface area contributed by atoms with Gasteiger partial charge in [0.25, 0.3) is 0 Å². The van der Waals surface area contributed by atoms with E-state index in [1.165, 1.54) is 37.7 Å². The Labute approximate surface area is 127 Å². The van der Waals surface area contributed by atoms with Gasteiger partial charge in [0.05, 0.1) is 13.2 Å². The molecule has 0 heterocycles. The molecular formula is C18H24N2O. The molecule has 3 nitrogen and oxygen atoms in total. The number of nitrogens with one attached hydrogen (secondary N) is 1. The average Bonchev–Trinajstić information content (AvgIpc) is 2.55. The minimum absolute atomic E-state index is 0.482. The van der Waals surface area contributed by atoms with Crippen LogP contribution in [0.2, 0.25) is 0 Å². The van der Waals surface area contributed by atoms with Crippen LogP contribution in [0.1, 0.15) is 56.1 Å². The molecule has 2 aliphatic carbocycles. The second-order valence-electron chi connectivity index (χ2n) is 6.37. The molecule has 1 fully saturated rings. The number of nitrogens with zero attached hydrogens (tertiary/aromatic N) is 1. The van der Waals surface area contributed by atoms with Crippen LogP contribution in [-0.2, 0) is 12.0 Å². The standard InChI is InChI=1S/C18H24N2O/c1-21-16-10-9-14-6-5-11-18(13-19,17(14)12-16)20-15-7-3-2-4-8-15/h9-10,12,15,20H,2-8,11H2,1H3. The lowest BCUT2D eigenvalue weighted by atomic mass is 9.76. The molecule has 0 bridgehead atoms. The van der Waals surface area contributed by atoms with Gasteiger partial charge in [-0.25, -0.2) is 0 Å². The van der Waals surface area contributed by atoms with Crippen LogP contribution in [0.25, 0.3) is 0 Å². The first-order chi connectivity index (χ1) is 10.3. The van der Waals surface area contributed by atoms with Crippen LogP contribution in [0.15, 0.2) is 18.2 Å². The summed E-state index contributed by atoms with van der Waals surface area (Å²) >= 11 is 0. The minimum atomic E-state index is -0.524. The number of hydrogen-bond donors (Lipinski definition) is 1. The first kappa shape index (κ1) is 14.4. The van der Waals surface area contributed by atoms with Gasteiger partial charge in [-0.2, -0.15) is 5.26 Å². The Kier molecular flexibility index (Phi) is 4.17. The number of aryl methyl sites for hydroxylation is 1. The van der Waals surface area contributed by atoms with Crippen LogP contribution in [-0.4, -0.2) is 13.2 Å². The summed E-state index contributed by atoms with van der Waals surface area (Å²) < 4.78 is 5.37. The molecule has 0 saturated heterocycles. The van der Waals surface area contributed by atoms with Gasteiger partial charge in [-0.3, -0.25) is 5.32 Å². The molecule has 3 rings (SSSR count). The predicted molar refractivity (Wildman–Crippen MR) is 83.2 cm³/mol. The zero-order valence-electron chi connectivity index (χ0n) is 12.8. The fraction of sp³-hybridized carbons (Fsp3) is 0.611. The molecule has 2 aliphatic rings. The summed E-state index contributed by atoms with van der Waals surface area (Å²) in [6.07, 6.45) is 9.34. The maximum absolute atomic E-state index is 9.93. The average molecular weight is 284 g/mol. The summed E-state index contributed by atoms with van der Waals surface area (Å²) in [5.74, 6) is 0.848. The maximum atomic E-state index is 9.93. The van der Waals surface area contributed by atoms with Crippen molar-refractivity contribution < 1.29 is 4.74 Å². The van der Waals surface area contributed by atoms with Crippen molar-refractivity contribution in [1.29, 1.82) is 5.26 Å². The van der Waals surface area contributed by atoms with E-state index >= 15 is 0 Å². The molecule has 112 valence electrons. The molecular weight excluding hydrogens is 260 g/mol. The van der Waals surface area contributed by atoms with Crippen LogP contribution >= 0.6 is 0 Å². The smallest absolute Gasteiger partial charge is 0.132 e. The molecule has 0 amide bonds. The lowest BCUT2D eigenvalue weighted by Gasteiger charge is -2.38. The van der Waals surface area contributed by atoms with Crippen LogP contribution < -0.4 is 10.1 Å². The largest absolute Gasteiger partial charge is 0.497 e. The van der Waals surface area contributed by atoms with Crippen molar-refractivity contribution in [2.75, 3.05) is 7.11 Å². The first-order valence-corrected chi connectivity index (χ1v) is 8.14. The van der Waals surface area contributed by atoms with E-state index in [9.17, 15) is 5.26 Å². The Morgan fingerprint density at radius 1 is 1.24 bits per heavy atom. The predicted octanol–water partition coefficient (Wildman–Crippen LogP) is 3.67. The molecule has 1 aromatic rings. The summed E-state index contributed by atoms with van der Waals surface area (Å²) in [5.41, 5.74) is 1.91. The Morgan fingerprint density at radius 3 is 2.76 bits per heavy atom. The molecule has 1 N–H and O–H groups in total. The van der Waals surface area contributed by atoms with Gasteiger partial charge < -0.3 is 4.74 Å². The highest BCUT2D eigenvalue weighted by atomic mass is 16.5. The number of nitriles is 1. The zero-order valence-corrected chi connectivity index (χ0v) is 12.8. The van der Waals surface area contributed by atoms with Crippen LogP contribution in [0.4, 0.5) is 0 Å². The fourth-order valence-electron chi connectivity index (χ4n) is 3.87. The quantitative estimate of drug-likeness (QED) is 0.921. The summed E-state index contributed by atoms with van der Waals surface area (Å²) in [6, 6.07) is 9.28. The second-order valence-corrected chi connectivity index (χ2v) is 6.37. The Balaban J connectivity index is 1.93. The lowest BCUT2D eigenvalue weighted by molar-refractivity contribution is 0.271. The molecule has 0 radical (unpaired) electrons. The number of rotatable bonds is 3. The van der Waals surface area contributed by atoms with Crippen molar-refractivity contribution >= 4 is 0 Å². The van der Waals surface area contributed by atoms with Crippen molar-refractivity contribution in [1.82, 2.24) is 5.32 Å². The molecule has 1 atom stereocenters. The van der Waals surface area contributed by atoms with E-state index in [0.717, 1.165) is 30.6 Å². The third kappa shape index (κ3) is 2.78. The SMILES string of the molecule is COc1ccc2c(c1)C(C#N)(NC1CCCCC1)CCC2. The van der Waals surface area contributed by atoms with Gasteiger partial charge in [0.15, 0.2) is 0 Å². The van der Waals surface area contributed by atoms with E-state index in [0.29, 0.717) is 6.04 Å². The van der Waals surface area contributed by atoms with Gasteiger partial charge >= 0.3 is 0 Å². The third-order valence-electron chi connectivity index (χ3n) is 5.02. The topological polar surface area (TPSA) is 45.0 Å². The van der Waals surface area contributed by atoms with Crippen LogP contribution in [0, 0.1) is 11.3 Å². The lowest BCUT2D eigenvalue weighted by Crippen LogP contribution is -2.49. The van der Waals surface area contributed by atoms with Gasteiger partial charge in [-0.05, 0) is 55.4 Å². The molecule has 1 aromatic carbocycles. The van der Waals surface area contributed by atoms with E-state index < -0.39 is 5.54 Å². The van der Waals surface area contributed by atoms with Gasteiger partial charge in [0.2, 0.25) is 0 Å². The van der Waals surface area contributed by atoms with Crippen molar-refractivity contribution in [2.45, 2.75) is 62.9 Å². The highest BCUT2D eigenvalue weighted by Gasteiger charge is 2.38. The first-order valence-electron chi connectivity index (χ1n) is 8.14. The van der Waals surface area contributed by atoms with Crippen molar-refractivity contribution in [2.24, 2.45) is 0 Å². The fourth-order valence-corrected chi connectivity index (χ4v) is 3.87. The van der Waals surface area contributed by atoms with E-state index in [1.807, 2.05) is 6.07 Å². The minimum Gasteiger partial charge on any atom is -0.497 e. The summed E-state index contributed by atoms with van der Waals surface area (Å²) in [7, 11) is 1.69. The van der Waals surface area contributed by atoms with Crippen molar-refractivity contribution in [3.05, 3.63) is 29.3 Å². The normalized spacial score (nSPS) is 25.9. The van der Waals surface area contributed by atoms with Gasteiger partial charge in [-0.1, -0.05) is 25.3 Å². The van der Waals surface area contributed by atoms with Crippen LogP contribution in [0.3, 0.4) is 0 Å². The molecule has 21 heavy (non-hydrogen) atoms. The van der Waals surface area contributed by atoms with E-state index in [1.54, 1.807) is 7.11 Å². The number of methoxy groups -OCH3 is 1. The summed E-state index contributed by atoms with van der Waals surface area (Å²) in [4.78, 5) is 0. The summed E-state index contributed by atoms with van der Waals surface area (Å²) in [6.45, 7) is 0. The van der Waals surface area contributed by atoms with E-state index in [2.05, 4.69) is 23.5 Å². The number of benzene rings is 1. The number of fused-ring (bicyclic) bond motifs is 1. The number of hydrogen-bond acceptors (Lipinski definition) is 3. The highest BCUT2D eigenvalue weighted by molar-refractivity contribution is 5.45. The molecule has 3 heteroatoms. The van der Waals surface area contributed by atoms with Gasteiger partial charge in [-0.15, -0.1) is 0 Å². The van der Waals surface area contributed by atoms with Crippen molar-refractivity contribution in [3.8, 4) is 11.8 Å². The van der Waals surface area contributed by atoms with Crippen LogP contribution in [0.5, 0.6) is 5.75 Å². The van der Waals surface area contributed by atoms with Gasteiger partial charge in [0, 0.05) is 6.04 Å². The molecule has 0 spiro atoms. The highest BCUT2D eigenvalue weighted by Crippen LogP contribution is 2.38. The van der Waals surface area contributed by atoms with Crippen molar-refractivity contribution in [3.63, 3.8) is 0 Å². The Hall–Kier alpha value is -1.53. The summed E-state index contributed by atoms with van der Waals surface area (Å²) in [5, 5.41) is 13.6. The zero-order chi connectivity index (χ0) is 14.7. The number of ether oxygens (including phenoxy) is 1. The molecule has 1 saturated carbocycles. The van der Waals surface area contributed by atoms with Gasteiger partial charge in [0.1, 0.15) is 11.3 Å². The monoisotopic (exact) mass is 284 g/mol. The molecule has 0 aromatic heterocycles. The third-order valence-corrected chi connectivity index (χ3v) is 5.02. The Morgan fingerprint density at radius 2 is 2.05 bits per heavy atom. The molecule has 1 unspecified atom stereocenters. The maximum Gasteiger partial charge on any atom is 0.132 e. The van der Waals surface area contributed by atoms with E-state index in [-0.39, 0.29) is 0 Å². The molecule has 0 aliphatic heterocycles. The van der Waals surface area contributed by atoms with E-state index in [4.69, 9.17) is 4.74 Å². The Bertz CT molecular complexity index is 543. The second kappa shape index (κ2) is 6.07.